The molecule has 472 valence electrons. The van der Waals surface area contributed by atoms with Gasteiger partial charge in [0.15, 0.2) is 40.4 Å². The summed E-state index contributed by atoms with van der Waals surface area (Å²) < 4.78 is 9.09. The number of nitrogens with zero attached hydrogens (tertiary/aromatic N) is 13. The van der Waals surface area contributed by atoms with Crippen LogP contribution < -0.4 is 11.4 Å². The average Bonchev–Trinajstić information content (AvgIpc) is 1.64. The minimum Gasteiger partial charge on any atom is -0.278 e. The number of imidazole rings is 2. The average molecular weight is 1280 g/mol. The Bertz CT molecular complexity index is 6300. The van der Waals surface area contributed by atoms with Crippen LogP contribution in [0.25, 0.3) is 157 Å². The molecule has 1 aliphatic rings. The Kier molecular flexibility index (Phi) is 15.0. The maximum Gasteiger partial charge on any atom is 0.339 e. The molecule has 11 aromatic carbocycles. The van der Waals surface area contributed by atoms with Crippen molar-refractivity contribution >= 4 is 82.5 Å². The first-order valence-electron chi connectivity index (χ1n) is 33.1. The van der Waals surface area contributed by atoms with Crippen molar-refractivity contribution in [1.29, 1.82) is 0 Å². The Hall–Kier alpha value is -13.4. The van der Waals surface area contributed by atoms with Crippen LogP contribution in [-0.4, -0.2) is 62.4 Å². The van der Waals surface area contributed by atoms with Gasteiger partial charge in [-0.05, 0) is 121 Å². The molecule has 0 amide bonds. The highest BCUT2D eigenvalue weighted by molar-refractivity contribution is 6.10. The van der Waals surface area contributed by atoms with Crippen LogP contribution in [0.2, 0.25) is 0 Å². The van der Waals surface area contributed by atoms with E-state index in [1.807, 2.05) is 238 Å². The van der Waals surface area contributed by atoms with Gasteiger partial charge in [0.1, 0.15) is 0 Å². The maximum absolute atomic E-state index is 14.4. The van der Waals surface area contributed by atoms with E-state index in [9.17, 15) is 9.59 Å². The summed E-state index contributed by atoms with van der Waals surface area (Å²) in [5, 5.41) is 3.96. The third-order valence-corrected chi connectivity index (χ3v) is 17.9. The fourth-order valence-corrected chi connectivity index (χ4v) is 13.4. The van der Waals surface area contributed by atoms with Gasteiger partial charge in [-0.3, -0.25) is 13.7 Å². The van der Waals surface area contributed by atoms with Gasteiger partial charge < -0.3 is 0 Å². The summed E-state index contributed by atoms with van der Waals surface area (Å²) in [7, 11) is 0. The molecule has 0 N–H and O–H groups in total. The first-order valence-corrected chi connectivity index (χ1v) is 33.1. The van der Waals surface area contributed by atoms with Gasteiger partial charge in [-0.15, -0.1) is 0 Å². The van der Waals surface area contributed by atoms with Gasteiger partial charge in [-0.1, -0.05) is 214 Å². The van der Waals surface area contributed by atoms with E-state index in [4.69, 9.17) is 39.9 Å². The lowest BCUT2D eigenvalue weighted by Crippen LogP contribution is -2.25. The largest absolute Gasteiger partial charge is 0.339 e. The quantitative estimate of drug-likeness (QED) is 0.136. The summed E-state index contributed by atoms with van der Waals surface area (Å²) in [6.07, 6.45) is 8.44. The van der Waals surface area contributed by atoms with E-state index in [0.29, 0.717) is 57.4 Å². The number of hydrogen-bond acceptors (Lipinski definition) is 10. The van der Waals surface area contributed by atoms with E-state index in [0.717, 1.165) is 118 Å². The molecule has 0 bridgehead atoms. The maximum atomic E-state index is 14.4. The van der Waals surface area contributed by atoms with Crippen LogP contribution in [0.1, 0.15) is 32.5 Å². The van der Waals surface area contributed by atoms with Gasteiger partial charge in [-0.2, -0.15) is 9.97 Å². The molecular weight excluding hydrogens is 1220 g/mol. The van der Waals surface area contributed by atoms with Crippen LogP contribution in [-0.2, 0) is 0 Å². The molecular formula is C84H59N13O2. The standard InChI is InChI=1S/C47H31N7O.C35H22N6O.C2H6/c55-47-52(34-18-8-3-9-19-34)40-23-13-11-21-36(40)45-48-38-26-24-33(29-42(38)54(45)47)32-25-27-41-37(28-32)35-20-10-12-22-39(35)53(41)46-50-43(30-14-4-1-5-15-30)49-44(51-46)31-16-6-2-7-17-31;42-35-40(26-16-8-3-9-17-26)29-19-11-10-18-27(29)34-36-28-21-20-25(22-30(28)41(34)35)33-38-31(23-12-4-1-5-13-23)37-32(39-33)24-14-6-2-7-15-24;1-2/h1,3-6,8-29H,2,7H2;1-22H;1-2H3. The van der Waals surface area contributed by atoms with Crippen molar-refractivity contribution in [2.24, 2.45) is 0 Å². The zero-order valence-electron chi connectivity index (χ0n) is 53.8. The predicted octanol–water partition coefficient (Wildman–Crippen LogP) is 18.1. The first-order chi connectivity index (χ1) is 48.9. The van der Waals surface area contributed by atoms with Crippen molar-refractivity contribution in [2.75, 3.05) is 0 Å². The molecule has 0 aliphatic heterocycles. The van der Waals surface area contributed by atoms with Crippen molar-refractivity contribution in [3.63, 3.8) is 0 Å². The van der Waals surface area contributed by atoms with Gasteiger partial charge in [0.2, 0.25) is 5.95 Å². The number of para-hydroxylation sites is 5. The Morgan fingerprint density at radius 2 is 0.677 bits per heavy atom. The second-order valence-electron chi connectivity index (χ2n) is 23.8. The van der Waals surface area contributed by atoms with E-state index in [1.54, 1.807) is 17.9 Å². The predicted molar refractivity (Wildman–Crippen MR) is 398 cm³/mol. The highest BCUT2D eigenvalue weighted by Gasteiger charge is 2.23. The number of rotatable bonds is 9. The van der Waals surface area contributed by atoms with Gasteiger partial charge in [0, 0.05) is 49.4 Å². The Morgan fingerprint density at radius 3 is 1.18 bits per heavy atom. The lowest BCUT2D eigenvalue weighted by atomic mass is 10.0. The second kappa shape index (κ2) is 25.1. The summed E-state index contributed by atoms with van der Waals surface area (Å²) in [6, 6.07) is 92.0. The molecule has 15 nitrogen and oxygen atoms in total. The summed E-state index contributed by atoms with van der Waals surface area (Å²) in [6.45, 7) is 4.00. The molecule has 0 atom stereocenters. The highest BCUT2D eigenvalue weighted by Crippen LogP contribution is 2.37. The number of allylic oxidation sites excluding steroid dienone is 4. The van der Waals surface area contributed by atoms with Crippen molar-refractivity contribution in [3.05, 3.63) is 324 Å². The zero-order chi connectivity index (χ0) is 66.5. The van der Waals surface area contributed by atoms with Crippen molar-refractivity contribution in [3.8, 4) is 74.0 Å². The Labute approximate surface area is 566 Å². The van der Waals surface area contributed by atoms with Crippen molar-refractivity contribution in [2.45, 2.75) is 26.7 Å². The van der Waals surface area contributed by atoms with Crippen LogP contribution in [0.5, 0.6) is 0 Å². The normalized spacial score (nSPS) is 12.2. The van der Waals surface area contributed by atoms with E-state index < -0.39 is 0 Å². The summed E-state index contributed by atoms with van der Waals surface area (Å²) in [5.74, 6) is 3.52. The lowest BCUT2D eigenvalue weighted by Gasteiger charge is -2.12. The SMILES string of the molecule is CC.O=c1n(-c2ccccc2)c2ccccc2c2nc3ccc(-c4ccc5c(c4)c4ccccc4n5-c4nc(C5=CCCC=C5)nc(-c5ccccc5)n4)cc3n12.O=c1n(-c2ccccc2)c2ccccc2c2nc3ccc(-c4nc(-c5ccccc5)nc(-c5ccccc5)n4)cc3n12. The van der Waals surface area contributed by atoms with Gasteiger partial charge in [-0.25, -0.2) is 48.3 Å². The molecule has 99 heavy (non-hydrogen) atoms. The first kappa shape index (κ1) is 59.4. The van der Waals surface area contributed by atoms with Gasteiger partial charge in [0.05, 0.1) is 55.5 Å². The van der Waals surface area contributed by atoms with Gasteiger partial charge in [0.25, 0.3) is 0 Å². The Balaban J connectivity index is 0.000000150. The minimum atomic E-state index is -0.194. The third-order valence-electron chi connectivity index (χ3n) is 17.9. The van der Waals surface area contributed by atoms with Crippen molar-refractivity contribution < 1.29 is 0 Å². The van der Waals surface area contributed by atoms with Crippen LogP contribution in [0, 0.1) is 0 Å². The molecule has 0 spiro atoms. The molecule has 15 heteroatoms. The number of benzene rings is 11. The number of hydrogen-bond donors (Lipinski definition) is 0. The summed E-state index contributed by atoms with van der Waals surface area (Å²) >= 11 is 0. The molecule has 19 rings (SSSR count). The molecule has 0 fully saturated rings. The van der Waals surface area contributed by atoms with Crippen LogP contribution >= 0.6 is 0 Å². The lowest BCUT2D eigenvalue weighted by molar-refractivity contribution is 0.927. The molecule has 0 unspecified atom stereocenters. The van der Waals surface area contributed by atoms with E-state index >= 15 is 0 Å². The Morgan fingerprint density at radius 1 is 0.293 bits per heavy atom. The van der Waals surface area contributed by atoms with E-state index in [1.165, 1.54) is 0 Å². The van der Waals surface area contributed by atoms with Crippen LogP contribution in [0.15, 0.2) is 307 Å². The van der Waals surface area contributed by atoms with E-state index in [-0.39, 0.29) is 11.4 Å². The molecule has 7 aromatic heterocycles. The fraction of sp³-hybridized carbons (Fsp3) is 0.0476. The monoisotopic (exact) mass is 1280 g/mol. The molecule has 0 saturated heterocycles. The van der Waals surface area contributed by atoms with Crippen LogP contribution in [0.4, 0.5) is 0 Å². The molecule has 1 aliphatic carbocycles. The zero-order valence-corrected chi connectivity index (χ0v) is 53.8. The highest BCUT2D eigenvalue weighted by atomic mass is 16.2. The number of aromatic nitrogens is 13. The second-order valence-corrected chi connectivity index (χ2v) is 23.8. The smallest absolute Gasteiger partial charge is 0.278 e. The van der Waals surface area contributed by atoms with Gasteiger partial charge >= 0.3 is 11.4 Å². The topological polar surface area (TPSA) is 161 Å². The molecule has 0 radical (unpaired) electrons. The minimum absolute atomic E-state index is 0.163. The molecule has 18 aromatic rings. The van der Waals surface area contributed by atoms with E-state index in [2.05, 4.69) is 77.4 Å². The van der Waals surface area contributed by atoms with Crippen molar-refractivity contribution in [1.82, 2.24) is 62.4 Å². The number of fused-ring (bicyclic) bond motifs is 13. The summed E-state index contributed by atoms with van der Waals surface area (Å²) in [4.78, 5) is 68.2. The fourth-order valence-electron chi connectivity index (χ4n) is 13.4. The molecule has 7 heterocycles. The third kappa shape index (κ3) is 10.5. The van der Waals surface area contributed by atoms with Crippen LogP contribution in [0.3, 0.4) is 0 Å². The summed E-state index contributed by atoms with van der Waals surface area (Å²) in [5.41, 5.74) is 15.5. The molecule has 0 saturated carbocycles.